The molecule has 0 aliphatic heterocycles. The van der Waals surface area contributed by atoms with Crippen LogP contribution in [0, 0.1) is 0 Å². The molecule has 0 spiro atoms. The molecule has 16 heavy (non-hydrogen) atoms. The van der Waals surface area contributed by atoms with Gasteiger partial charge in [-0.2, -0.15) is 0 Å². The lowest BCUT2D eigenvalue weighted by molar-refractivity contribution is 0.404. The summed E-state index contributed by atoms with van der Waals surface area (Å²) in [5, 5.41) is 0. The topological polar surface area (TPSA) is 35.2 Å². The van der Waals surface area contributed by atoms with Crippen molar-refractivity contribution in [3.05, 3.63) is 40.4 Å². The molecule has 0 bridgehead atoms. The van der Waals surface area contributed by atoms with Gasteiger partial charge in [0.05, 0.1) is 7.11 Å². The summed E-state index contributed by atoms with van der Waals surface area (Å²) >= 11 is 3.41. The quantitative estimate of drug-likeness (QED) is 0.834. The zero-order valence-corrected chi connectivity index (χ0v) is 11.4. The van der Waals surface area contributed by atoms with Crippen molar-refractivity contribution in [1.82, 2.24) is 0 Å². The summed E-state index contributed by atoms with van der Waals surface area (Å²) in [6, 6.07) is 5.93. The van der Waals surface area contributed by atoms with E-state index in [0.717, 1.165) is 34.2 Å². The highest BCUT2D eigenvalue weighted by Gasteiger charge is 2.11. The Labute approximate surface area is 106 Å². The molecule has 0 aliphatic rings. The first kappa shape index (κ1) is 13.3. The van der Waals surface area contributed by atoms with Crippen LogP contribution < -0.4 is 10.5 Å². The predicted molar refractivity (Wildman–Crippen MR) is 71.7 cm³/mol. The Morgan fingerprint density at radius 1 is 1.56 bits per heavy atom. The maximum atomic E-state index is 6.13. The van der Waals surface area contributed by atoms with Crippen LogP contribution in [0.15, 0.2) is 34.8 Å². The Balaban J connectivity index is 2.81. The molecular formula is C13H18BrNO. The van der Waals surface area contributed by atoms with E-state index in [1.807, 2.05) is 25.1 Å². The van der Waals surface area contributed by atoms with E-state index in [1.165, 1.54) is 0 Å². The van der Waals surface area contributed by atoms with Crippen LogP contribution in [-0.4, -0.2) is 7.11 Å². The number of ether oxygens (including phenoxy) is 1. The Hall–Kier alpha value is -0.800. The second kappa shape index (κ2) is 6.06. The maximum absolute atomic E-state index is 6.13. The molecule has 0 aliphatic carbocycles. The zero-order chi connectivity index (χ0) is 12.1. The third kappa shape index (κ3) is 3.65. The minimum atomic E-state index is -0.000231. The van der Waals surface area contributed by atoms with E-state index < -0.39 is 0 Å². The van der Waals surface area contributed by atoms with Crippen molar-refractivity contribution in [3.63, 3.8) is 0 Å². The van der Waals surface area contributed by atoms with Crippen molar-refractivity contribution in [1.29, 1.82) is 0 Å². The van der Waals surface area contributed by atoms with Crippen molar-refractivity contribution >= 4 is 15.9 Å². The van der Waals surface area contributed by atoms with Crippen LogP contribution in [0.1, 0.15) is 31.4 Å². The molecule has 0 saturated carbocycles. The molecule has 0 fully saturated rings. The van der Waals surface area contributed by atoms with Gasteiger partial charge in [-0.3, -0.25) is 0 Å². The van der Waals surface area contributed by atoms with Gasteiger partial charge in [0, 0.05) is 16.1 Å². The first-order chi connectivity index (χ1) is 7.54. The van der Waals surface area contributed by atoms with E-state index in [4.69, 9.17) is 10.5 Å². The Morgan fingerprint density at radius 3 is 2.81 bits per heavy atom. The fourth-order valence-electron chi connectivity index (χ4n) is 1.55. The average molecular weight is 284 g/mol. The molecule has 0 saturated heterocycles. The molecule has 0 amide bonds. The van der Waals surface area contributed by atoms with Gasteiger partial charge in [-0.05, 0) is 31.9 Å². The number of benzene rings is 1. The van der Waals surface area contributed by atoms with E-state index in [-0.39, 0.29) is 6.04 Å². The highest BCUT2D eigenvalue weighted by Crippen LogP contribution is 2.29. The molecule has 2 N–H and O–H groups in total. The third-order valence-electron chi connectivity index (χ3n) is 2.48. The van der Waals surface area contributed by atoms with E-state index >= 15 is 0 Å². The van der Waals surface area contributed by atoms with E-state index in [1.54, 1.807) is 7.11 Å². The molecule has 1 rings (SSSR count). The molecule has 1 atom stereocenters. The van der Waals surface area contributed by atoms with Gasteiger partial charge in [0.2, 0.25) is 0 Å². The lowest BCUT2D eigenvalue weighted by Gasteiger charge is -2.16. The predicted octanol–water partition coefficient (Wildman–Crippen LogP) is 3.81. The molecule has 3 heteroatoms. The average Bonchev–Trinajstić information content (AvgIpc) is 2.25. The van der Waals surface area contributed by atoms with Crippen molar-refractivity contribution < 1.29 is 4.74 Å². The molecule has 2 nitrogen and oxygen atoms in total. The summed E-state index contributed by atoms with van der Waals surface area (Å²) in [4.78, 5) is 0. The van der Waals surface area contributed by atoms with Crippen LogP contribution in [0.4, 0.5) is 0 Å². The Morgan fingerprint density at radius 2 is 2.25 bits per heavy atom. The molecular weight excluding hydrogens is 266 g/mol. The summed E-state index contributed by atoms with van der Waals surface area (Å²) in [6.07, 6.45) is 1.84. The van der Waals surface area contributed by atoms with Crippen molar-refractivity contribution in [3.8, 4) is 5.75 Å². The van der Waals surface area contributed by atoms with Gasteiger partial charge in [-0.25, -0.2) is 0 Å². The van der Waals surface area contributed by atoms with Gasteiger partial charge >= 0.3 is 0 Å². The van der Waals surface area contributed by atoms with Crippen molar-refractivity contribution in [2.75, 3.05) is 7.11 Å². The highest BCUT2D eigenvalue weighted by atomic mass is 79.9. The number of halogens is 1. The van der Waals surface area contributed by atoms with Gasteiger partial charge in [-0.1, -0.05) is 27.6 Å². The first-order valence-electron chi connectivity index (χ1n) is 5.28. The lowest BCUT2D eigenvalue weighted by atomic mass is 10.00. The van der Waals surface area contributed by atoms with Gasteiger partial charge in [0.25, 0.3) is 0 Å². The Kier molecular flexibility index (Phi) is 5.03. The monoisotopic (exact) mass is 283 g/mol. The molecule has 88 valence electrons. The second-order valence-corrected chi connectivity index (χ2v) is 4.90. The van der Waals surface area contributed by atoms with Crippen molar-refractivity contribution in [2.24, 2.45) is 5.73 Å². The first-order valence-corrected chi connectivity index (χ1v) is 6.07. The van der Waals surface area contributed by atoms with Crippen LogP contribution in [0.5, 0.6) is 5.75 Å². The summed E-state index contributed by atoms with van der Waals surface area (Å²) in [7, 11) is 1.66. The van der Waals surface area contributed by atoms with E-state index in [0.29, 0.717) is 0 Å². The Bertz CT molecular complexity index is 376. The summed E-state index contributed by atoms with van der Waals surface area (Å²) < 4.78 is 6.32. The van der Waals surface area contributed by atoms with Crippen LogP contribution in [0.3, 0.4) is 0 Å². The lowest BCUT2D eigenvalue weighted by Crippen LogP contribution is -2.11. The maximum Gasteiger partial charge on any atom is 0.124 e. The number of methoxy groups -OCH3 is 1. The van der Waals surface area contributed by atoms with Crippen LogP contribution in [0.2, 0.25) is 0 Å². The summed E-state index contributed by atoms with van der Waals surface area (Å²) in [6.45, 7) is 5.90. The third-order valence-corrected chi connectivity index (χ3v) is 2.97. The molecule has 1 aromatic carbocycles. The highest BCUT2D eigenvalue weighted by molar-refractivity contribution is 9.10. The molecule has 1 unspecified atom stereocenters. The van der Waals surface area contributed by atoms with Gasteiger partial charge < -0.3 is 10.5 Å². The van der Waals surface area contributed by atoms with Crippen LogP contribution >= 0.6 is 15.9 Å². The normalized spacial score (nSPS) is 12.2. The molecule has 0 radical (unpaired) electrons. The molecule has 1 aromatic rings. The SMILES string of the molecule is C=C(C)CCC(N)c1ccc(Br)cc1OC. The van der Waals surface area contributed by atoms with E-state index in [9.17, 15) is 0 Å². The van der Waals surface area contributed by atoms with Crippen LogP contribution in [0.25, 0.3) is 0 Å². The minimum Gasteiger partial charge on any atom is -0.496 e. The standard InChI is InChI=1S/C13H18BrNO/c1-9(2)4-7-12(15)11-6-5-10(14)8-13(11)16-3/h5-6,8,12H,1,4,7,15H2,2-3H3. The summed E-state index contributed by atoms with van der Waals surface area (Å²) in [5.41, 5.74) is 8.34. The van der Waals surface area contributed by atoms with Gasteiger partial charge in [0.1, 0.15) is 5.75 Å². The number of hydrogen-bond donors (Lipinski definition) is 1. The molecule has 0 aromatic heterocycles. The molecule has 0 heterocycles. The second-order valence-electron chi connectivity index (χ2n) is 3.99. The summed E-state index contributed by atoms with van der Waals surface area (Å²) in [5.74, 6) is 0.837. The minimum absolute atomic E-state index is 0.000231. The van der Waals surface area contributed by atoms with Gasteiger partial charge in [-0.15, -0.1) is 6.58 Å². The number of nitrogens with two attached hydrogens (primary N) is 1. The zero-order valence-electron chi connectivity index (χ0n) is 9.79. The van der Waals surface area contributed by atoms with Crippen molar-refractivity contribution in [2.45, 2.75) is 25.8 Å². The number of allylic oxidation sites excluding steroid dienone is 1. The van der Waals surface area contributed by atoms with Crippen LogP contribution in [-0.2, 0) is 0 Å². The number of hydrogen-bond acceptors (Lipinski definition) is 2. The number of rotatable bonds is 5. The fourth-order valence-corrected chi connectivity index (χ4v) is 1.89. The smallest absolute Gasteiger partial charge is 0.124 e. The van der Waals surface area contributed by atoms with E-state index in [2.05, 4.69) is 22.5 Å². The van der Waals surface area contributed by atoms with Gasteiger partial charge in [0.15, 0.2) is 0 Å². The largest absolute Gasteiger partial charge is 0.496 e. The fraction of sp³-hybridized carbons (Fsp3) is 0.385.